The van der Waals surface area contributed by atoms with Gasteiger partial charge in [-0.2, -0.15) is 13.2 Å². The van der Waals surface area contributed by atoms with Gasteiger partial charge in [-0.3, -0.25) is 4.79 Å². The summed E-state index contributed by atoms with van der Waals surface area (Å²) in [5.74, 6) is 0.100. The first-order valence-corrected chi connectivity index (χ1v) is 8.97. The van der Waals surface area contributed by atoms with Crippen molar-refractivity contribution in [2.24, 2.45) is 0 Å². The highest BCUT2D eigenvalue weighted by molar-refractivity contribution is 5.99. The van der Waals surface area contributed by atoms with Crippen LogP contribution in [0.2, 0.25) is 0 Å². The minimum atomic E-state index is -4.41. The molecule has 29 heavy (non-hydrogen) atoms. The van der Waals surface area contributed by atoms with E-state index in [2.05, 4.69) is 0 Å². The molecule has 4 rings (SSSR count). The number of ether oxygens (including phenoxy) is 1. The number of piperazine rings is 1. The van der Waals surface area contributed by atoms with Crippen LogP contribution in [-0.2, 0) is 6.18 Å². The lowest BCUT2D eigenvalue weighted by Crippen LogP contribution is -2.57. The lowest BCUT2D eigenvalue weighted by atomic mass is 10.00. The van der Waals surface area contributed by atoms with Crippen molar-refractivity contribution in [2.75, 3.05) is 26.2 Å². The maximum absolute atomic E-state index is 13.0. The minimum absolute atomic E-state index is 0.167. The number of nitrogens with zero attached hydrogens (tertiary/aromatic N) is 2. The largest absolute Gasteiger partial charge is 0.491 e. The molecule has 2 heterocycles. The first-order chi connectivity index (χ1) is 13.7. The summed E-state index contributed by atoms with van der Waals surface area (Å²) in [5, 5.41) is 9.18. The Morgan fingerprint density at radius 2 is 1.76 bits per heavy atom. The zero-order valence-electron chi connectivity index (χ0n) is 15.1. The van der Waals surface area contributed by atoms with Gasteiger partial charge in [0.2, 0.25) is 0 Å². The molecule has 0 aliphatic carbocycles. The molecule has 1 N–H and O–H groups in total. The molecule has 2 aromatic rings. The highest BCUT2D eigenvalue weighted by Crippen LogP contribution is 2.34. The molecule has 1 fully saturated rings. The van der Waals surface area contributed by atoms with E-state index in [0.717, 1.165) is 12.1 Å². The number of carboxylic acid groups (broad SMARTS) is 1. The van der Waals surface area contributed by atoms with Gasteiger partial charge < -0.3 is 19.6 Å². The standard InChI is InChI=1S/C20H17F3N2O4/c21-20(22,23)14-4-1-12(2-5-14)13-3-6-17-16(9-13)18(26)25-8-7-24(19(27)28)10-15(25)11-29-17/h1-6,9,15H,7-8,10-11H2,(H,27,28). The number of carbonyl (C=O) groups excluding carboxylic acids is 1. The summed E-state index contributed by atoms with van der Waals surface area (Å²) in [6.07, 6.45) is -5.45. The van der Waals surface area contributed by atoms with Crippen LogP contribution in [0.15, 0.2) is 42.5 Å². The Morgan fingerprint density at radius 3 is 2.41 bits per heavy atom. The Kier molecular flexibility index (Phi) is 4.60. The Labute approximate surface area is 164 Å². The minimum Gasteiger partial charge on any atom is -0.491 e. The number of halogens is 3. The molecule has 2 aliphatic heterocycles. The van der Waals surface area contributed by atoms with E-state index in [0.29, 0.717) is 22.4 Å². The topological polar surface area (TPSA) is 70.1 Å². The second-order valence-electron chi connectivity index (χ2n) is 6.98. The Morgan fingerprint density at radius 1 is 1.07 bits per heavy atom. The summed E-state index contributed by atoms with van der Waals surface area (Å²) >= 11 is 0. The van der Waals surface area contributed by atoms with E-state index in [1.807, 2.05) is 0 Å². The van der Waals surface area contributed by atoms with E-state index in [1.54, 1.807) is 23.1 Å². The number of hydrogen-bond acceptors (Lipinski definition) is 3. The monoisotopic (exact) mass is 406 g/mol. The number of benzene rings is 2. The molecule has 2 amide bonds. The maximum Gasteiger partial charge on any atom is 0.416 e. The molecule has 0 radical (unpaired) electrons. The highest BCUT2D eigenvalue weighted by Gasteiger charge is 2.37. The summed E-state index contributed by atoms with van der Waals surface area (Å²) in [6, 6.07) is 9.24. The molecule has 6 nitrogen and oxygen atoms in total. The molecular weight excluding hydrogens is 389 g/mol. The van der Waals surface area contributed by atoms with E-state index < -0.39 is 23.9 Å². The third-order valence-corrected chi connectivity index (χ3v) is 5.20. The second-order valence-corrected chi connectivity index (χ2v) is 6.98. The Balaban J connectivity index is 1.63. The molecule has 0 bridgehead atoms. The van der Waals surface area contributed by atoms with Gasteiger partial charge in [0, 0.05) is 19.6 Å². The number of carbonyl (C=O) groups is 2. The van der Waals surface area contributed by atoms with Gasteiger partial charge in [-0.1, -0.05) is 18.2 Å². The fourth-order valence-corrected chi connectivity index (χ4v) is 3.63. The van der Waals surface area contributed by atoms with Gasteiger partial charge in [-0.05, 0) is 35.4 Å². The van der Waals surface area contributed by atoms with E-state index in [4.69, 9.17) is 4.74 Å². The SMILES string of the molecule is O=C(O)N1CCN2C(=O)c3cc(-c4ccc(C(F)(F)F)cc4)ccc3OCC2C1. The zero-order chi connectivity index (χ0) is 20.8. The first-order valence-electron chi connectivity index (χ1n) is 8.97. The number of fused-ring (bicyclic) bond motifs is 2. The third-order valence-electron chi connectivity index (χ3n) is 5.20. The van der Waals surface area contributed by atoms with Crippen LogP contribution in [0.3, 0.4) is 0 Å². The number of alkyl halides is 3. The molecule has 2 aromatic carbocycles. The molecule has 152 valence electrons. The van der Waals surface area contributed by atoms with Gasteiger partial charge in [0.15, 0.2) is 0 Å². The molecule has 1 unspecified atom stereocenters. The lowest BCUT2D eigenvalue weighted by Gasteiger charge is -2.38. The quantitative estimate of drug-likeness (QED) is 0.786. The van der Waals surface area contributed by atoms with Crippen LogP contribution in [0.5, 0.6) is 5.75 Å². The molecule has 0 spiro atoms. The van der Waals surface area contributed by atoms with Crippen LogP contribution in [0.1, 0.15) is 15.9 Å². The van der Waals surface area contributed by atoms with E-state index >= 15 is 0 Å². The smallest absolute Gasteiger partial charge is 0.416 e. The summed E-state index contributed by atoms with van der Waals surface area (Å²) in [6.45, 7) is 0.803. The van der Waals surface area contributed by atoms with Gasteiger partial charge in [-0.25, -0.2) is 4.79 Å². The summed E-state index contributed by atoms with van der Waals surface area (Å²) in [5.41, 5.74) is 0.713. The van der Waals surface area contributed by atoms with Crippen LogP contribution in [0.4, 0.5) is 18.0 Å². The average molecular weight is 406 g/mol. The van der Waals surface area contributed by atoms with Gasteiger partial charge in [0.25, 0.3) is 5.91 Å². The van der Waals surface area contributed by atoms with Gasteiger partial charge in [0.05, 0.1) is 17.2 Å². The maximum atomic E-state index is 13.0. The highest BCUT2D eigenvalue weighted by atomic mass is 19.4. The first kappa shape index (κ1) is 19.1. The third kappa shape index (κ3) is 3.59. The predicted octanol–water partition coefficient (Wildman–Crippen LogP) is 3.57. The summed E-state index contributed by atoms with van der Waals surface area (Å²) in [4.78, 5) is 27.1. The van der Waals surface area contributed by atoms with Crippen LogP contribution in [-0.4, -0.2) is 59.2 Å². The molecule has 9 heteroatoms. The normalized spacial score (nSPS) is 19.1. The fraction of sp³-hybridized carbons (Fsp3) is 0.300. The van der Waals surface area contributed by atoms with E-state index in [9.17, 15) is 27.9 Å². The van der Waals surface area contributed by atoms with Crippen molar-refractivity contribution < 1.29 is 32.6 Å². The van der Waals surface area contributed by atoms with E-state index in [1.165, 1.54) is 17.0 Å². The van der Waals surface area contributed by atoms with Crippen molar-refractivity contribution in [1.82, 2.24) is 9.80 Å². The molecular formula is C20H17F3N2O4. The molecule has 0 saturated carbocycles. The predicted molar refractivity (Wildman–Crippen MR) is 96.8 cm³/mol. The molecule has 1 atom stereocenters. The van der Waals surface area contributed by atoms with Crippen molar-refractivity contribution in [1.29, 1.82) is 0 Å². The van der Waals surface area contributed by atoms with Crippen LogP contribution in [0, 0.1) is 0 Å². The molecule has 0 aromatic heterocycles. The lowest BCUT2D eigenvalue weighted by molar-refractivity contribution is -0.137. The average Bonchev–Trinajstić information content (AvgIpc) is 2.84. The molecule has 1 saturated heterocycles. The van der Waals surface area contributed by atoms with Crippen LogP contribution in [0.25, 0.3) is 11.1 Å². The zero-order valence-corrected chi connectivity index (χ0v) is 15.1. The second kappa shape index (κ2) is 6.98. The number of rotatable bonds is 1. The Bertz CT molecular complexity index is 959. The fourth-order valence-electron chi connectivity index (χ4n) is 3.63. The van der Waals surface area contributed by atoms with Crippen molar-refractivity contribution in [2.45, 2.75) is 12.2 Å². The van der Waals surface area contributed by atoms with Crippen molar-refractivity contribution >= 4 is 12.0 Å². The number of hydrogen-bond donors (Lipinski definition) is 1. The van der Waals surface area contributed by atoms with Crippen molar-refractivity contribution in [3.63, 3.8) is 0 Å². The molecule has 2 aliphatic rings. The summed E-state index contributed by atoms with van der Waals surface area (Å²) < 4.78 is 44.1. The van der Waals surface area contributed by atoms with Crippen LogP contribution >= 0.6 is 0 Å². The van der Waals surface area contributed by atoms with Gasteiger partial charge in [-0.15, -0.1) is 0 Å². The van der Waals surface area contributed by atoms with Crippen molar-refractivity contribution in [3.05, 3.63) is 53.6 Å². The van der Waals surface area contributed by atoms with E-state index in [-0.39, 0.29) is 32.1 Å². The van der Waals surface area contributed by atoms with Crippen LogP contribution < -0.4 is 4.74 Å². The van der Waals surface area contributed by atoms with Crippen molar-refractivity contribution in [3.8, 4) is 16.9 Å². The van der Waals surface area contributed by atoms with Gasteiger partial charge >= 0.3 is 12.3 Å². The Hall–Kier alpha value is -3.23. The summed E-state index contributed by atoms with van der Waals surface area (Å²) in [7, 11) is 0. The van der Waals surface area contributed by atoms with Gasteiger partial charge in [0.1, 0.15) is 12.4 Å². The number of amides is 2.